The van der Waals surface area contributed by atoms with Crippen molar-refractivity contribution in [1.82, 2.24) is 15.8 Å². The number of nitrogens with zero attached hydrogens (tertiary/aromatic N) is 1. The monoisotopic (exact) mass is 283 g/mol. The first kappa shape index (κ1) is 14.8. The van der Waals surface area contributed by atoms with Crippen molar-refractivity contribution in [1.29, 1.82) is 0 Å². The van der Waals surface area contributed by atoms with E-state index in [0.717, 1.165) is 0 Å². The molecule has 1 amide bonds. The molecule has 110 valence electrons. The number of carbonyl (C=O) groups excluding carboxylic acids is 1. The molecule has 2 heterocycles. The Morgan fingerprint density at radius 1 is 1.20 bits per heavy atom. The van der Waals surface area contributed by atoms with Gasteiger partial charge < -0.3 is 20.1 Å². The van der Waals surface area contributed by atoms with E-state index in [4.69, 9.17) is 4.74 Å². The second kappa shape index (κ2) is 6.25. The van der Waals surface area contributed by atoms with Crippen LogP contribution in [-0.4, -0.2) is 56.9 Å². The molecule has 0 radical (unpaired) electrons. The lowest BCUT2D eigenvalue weighted by Gasteiger charge is -2.39. The summed E-state index contributed by atoms with van der Waals surface area (Å²) >= 11 is 0. The van der Waals surface area contributed by atoms with Gasteiger partial charge in [0, 0.05) is 18.0 Å². The molecule has 0 aliphatic carbocycles. The minimum atomic E-state index is -1.36. The van der Waals surface area contributed by atoms with Crippen LogP contribution in [0.3, 0.4) is 0 Å². The van der Waals surface area contributed by atoms with Crippen molar-refractivity contribution in [2.24, 2.45) is 0 Å². The van der Waals surface area contributed by atoms with E-state index in [-0.39, 0.29) is 0 Å². The van der Waals surface area contributed by atoms with Crippen molar-refractivity contribution in [2.75, 3.05) is 0 Å². The number of aromatic nitrogens is 1. The van der Waals surface area contributed by atoms with Crippen LogP contribution in [0.4, 0.5) is 0 Å². The average Bonchev–Trinajstić information content (AvgIpc) is 2.48. The quantitative estimate of drug-likeness (QED) is 0.412. The highest BCUT2D eigenvalue weighted by Crippen LogP contribution is 2.18. The van der Waals surface area contributed by atoms with E-state index in [2.05, 4.69) is 15.8 Å². The van der Waals surface area contributed by atoms with Crippen LogP contribution in [-0.2, 0) is 4.74 Å². The van der Waals surface area contributed by atoms with E-state index < -0.39 is 36.6 Å². The topological polar surface area (TPSA) is 124 Å². The molecule has 0 bridgehead atoms. The molecule has 0 saturated carbocycles. The van der Waals surface area contributed by atoms with Crippen LogP contribution in [0.1, 0.15) is 17.3 Å². The Hall–Kier alpha value is -1.58. The van der Waals surface area contributed by atoms with Gasteiger partial charge in [-0.2, -0.15) is 0 Å². The third kappa shape index (κ3) is 3.11. The number of hydrogen-bond acceptors (Lipinski definition) is 7. The predicted molar refractivity (Wildman–Crippen MR) is 67.2 cm³/mol. The van der Waals surface area contributed by atoms with Crippen molar-refractivity contribution < 1.29 is 24.9 Å². The average molecular weight is 283 g/mol. The molecule has 0 spiro atoms. The van der Waals surface area contributed by atoms with E-state index in [1.807, 2.05) is 0 Å². The van der Waals surface area contributed by atoms with Gasteiger partial charge in [0.05, 0.1) is 6.10 Å². The van der Waals surface area contributed by atoms with Gasteiger partial charge in [-0.05, 0) is 19.1 Å². The van der Waals surface area contributed by atoms with E-state index >= 15 is 0 Å². The standard InChI is InChI=1S/C12H17N3O5/c1-6-8(16)9(17)10(18)12(20-6)15-14-11(19)7-2-4-13-5-3-7/h2-6,8-10,12,15-18H,1H3,(H,14,19)/t6-,8-,9+,10+,12-/m0/s1. The Bertz CT molecular complexity index is 458. The summed E-state index contributed by atoms with van der Waals surface area (Å²) in [6.45, 7) is 1.55. The Morgan fingerprint density at radius 2 is 1.85 bits per heavy atom. The van der Waals surface area contributed by atoms with Crippen LogP contribution in [0.15, 0.2) is 24.5 Å². The van der Waals surface area contributed by atoms with Crippen molar-refractivity contribution in [2.45, 2.75) is 37.6 Å². The third-order valence-corrected chi connectivity index (χ3v) is 3.12. The smallest absolute Gasteiger partial charge is 0.265 e. The minimum Gasteiger partial charge on any atom is -0.388 e. The molecule has 1 aromatic rings. The van der Waals surface area contributed by atoms with Gasteiger partial charge in [-0.15, -0.1) is 0 Å². The second-order valence-electron chi connectivity index (χ2n) is 4.57. The molecule has 8 heteroatoms. The number of nitrogens with one attached hydrogen (secondary N) is 2. The first-order valence-electron chi connectivity index (χ1n) is 6.16. The van der Waals surface area contributed by atoms with E-state index in [1.165, 1.54) is 24.5 Å². The van der Waals surface area contributed by atoms with E-state index in [0.29, 0.717) is 5.56 Å². The van der Waals surface area contributed by atoms with E-state index in [9.17, 15) is 20.1 Å². The fourth-order valence-electron chi connectivity index (χ4n) is 1.88. The summed E-state index contributed by atoms with van der Waals surface area (Å²) in [4.78, 5) is 15.6. The maximum absolute atomic E-state index is 11.8. The van der Waals surface area contributed by atoms with Crippen molar-refractivity contribution >= 4 is 5.91 Å². The molecule has 0 unspecified atom stereocenters. The fraction of sp³-hybridized carbons (Fsp3) is 0.500. The molecule has 1 aliphatic heterocycles. The van der Waals surface area contributed by atoms with Crippen LogP contribution < -0.4 is 10.9 Å². The number of amides is 1. The number of pyridine rings is 1. The van der Waals surface area contributed by atoms with Gasteiger partial charge in [0.2, 0.25) is 0 Å². The zero-order valence-corrected chi connectivity index (χ0v) is 10.8. The lowest BCUT2D eigenvalue weighted by molar-refractivity contribution is -0.226. The summed E-state index contributed by atoms with van der Waals surface area (Å²) in [5.74, 6) is -0.434. The summed E-state index contributed by atoms with van der Waals surface area (Å²) in [5.41, 5.74) is 5.23. The van der Waals surface area contributed by atoms with Gasteiger partial charge in [0.25, 0.3) is 5.91 Å². The first-order valence-corrected chi connectivity index (χ1v) is 6.16. The van der Waals surface area contributed by atoms with Crippen LogP contribution in [0, 0.1) is 0 Å². The molecular formula is C12H17N3O5. The summed E-state index contributed by atoms with van der Waals surface area (Å²) < 4.78 is 5.27. The molecule has 20 heavy (non-hydrogen) atoms. The highest BCUT2D eigenvalue weighted by atomic mass is 16.5. The molecule has 0 aromatic carbocycles. The zero-order chi connectivity index (χ0) is 14.7. The predicted octanol–water partition coefficient (Wildman–Crippen LogP) is -1.86. The molecular weight excluding hydrogens is 266 g/mol. The highest BCUT2D eigenvalue weighted by Gasteiger charge is 2.41. The molecule has 1 aromatic heterocycles. The number of hydrogen-bond donors (Lipinski definition) is 5. The lowest BCUT2D eigenvalue weighted by Crippen LogP contribution is -2.63. The van der Waals surface area contributed by atoms with Gasteiger partial charge in [-0.25, -0.2) is 5.43 Å². The summed E-state index contributed by atoms with van der Waals surface area (Å²) in [6, 6.07) is 3.05. The second-order valence-corrected chi connectivity index (χ2v) is 4.57. The first-order chi connectivity index (χ1) is 9.50. The van der Waals surface area contributed by atoms with Gasteiger partial charge in [0.1, 0.15) is 18.3 Å². The van der Waals surface area contributed by atoms with E-state index in [1.54, 1.807) is 6.92 Å². The van der Waals surface area contributed by atoms with Crippen molar-refractivity contribution in [3.8, 4) is 0 Å². The number of aliphatic hydroxyl groups is 3. The molecule has 5 atom stereocenters. The van der Waals surface area contributed by atoms with Crippen LogP contribution >= 0.6 is 0 Å². The fourth-order valence-corrected chi connectivity index (χ4v) is 1.88. The van der Waals surface area contributed by atoms with Gasteiger partial charge in [-0.3, -0.25) is 15.2 Å². The lowest BCUT2D eigenvalue weighted by atomic mass is 9.99. The normalized spacial score (nSPS) is 33.7. The molecule has 8 nitrogen and oxygen atoms in total. The summed E-state index contributed by atoms with van der Waals surface area (Å²) in [6.07, 6.45) is -2.64. The number of ether oxygens (including phenoxy) is 1. The molecule has 1 fully saturated rings. The molecule has 1 aliphatic rings. The van der Waals surface area contributed by atoms with Crippen LogP contribution in [0.5, 0.6) is 0 Å². The van der Waals surface area contributed by atoms with Gasteiger partial charge in [-0.1, -0.05) is 0 Å². The summed E-state index contributed by atoms with van der Waals surface area (Å²) in [5, 5.41) is 28.9. The van der Waals surface area contributed by atoms with Crippen molar-refractivity contribution in [3.63, 3.8) is 0 Å². The number of rotatable bonds is 3. The molecule has 1 saturated heterocycles. The number of aliphatic hydroxyl groups excluding tert-OH is 3. The number of hydrazine groups is 1. The molecule has 2 rings (SSSR count). The SMILES string of the molecule is C[C@@H]1O[C@H](NNC(=O)c2ccncc2)[C@H](O)[C@H](O)[C@H]1O. The number of carbonyl (C=O) groups is 1. The zero-order valence-electron chi connectivity index (χ0n) is 10.8. The maximum atomic E-state index is 11.8. The summed E-state index contributed by atoms with van der Waals surface area (Å²) in [7, 11) is 0. The van der Waals surface area contributed by atoms with Gasteiger partial charge >= 0.3 is 0 Å². The van der Waals surface area contributed by atoms with Crippen molar-refractivity contribution in [3.05, 3.63) is 30.1 Å². The molecule has 5 N–H and O–H groups in total. The minimum absolute atomic E-state index is 0.381. The highest BCUT2D eigenvalue weighted by molar-refractivity contribution is 5.93. The van der Waals surface area contributed by atoms with Crippen LogP contribution in [0.2, 0.25) is 0 Å². The Morgan fingerprint density at radius 3 is 2.50 bits per heavy atom. The Kier molecular flexibility index (Phi) is 4.63. The van der Waals surface area contributed by atoms with Crippen LogP contribution in [0.25, 0.3) is 0 Å². The largest absolute Gasteiger partial charge is 0.388 e. The Labute approximate surface area is 115 Å². The maximum Gasteiger partial charge on any atom is 0.265 e. The Balaban J connectivity index is 1.92. The third-order valence-electron chi connectivity index (χ3n) is 3.12. The van der Waals surface area contributed by atoms with Gasteiger partial charge in [0.15, 0.2) is 6.23 Å².